The molecular weight excluding hydrogens is 136 g/mol. The zero-order valence-electron chi connectivity index (χ0n) is 6.67. The molecule has 1 aromatic rings. The van der Waals surface area contributed by atoms with Crippen LogP contribution in [0.3, 0.4) is 0 Å². The van der Waals surface area contributed by atoms with Crippen molar-refractivity contribution in [2.45, 2.75) is 13.0 Å². The molecule has 0 saturated carbocycles. The van der Waals surface area contributed by atoms with E-state index in [-0.39, 0.29) is 0 Å². The van der Waals surface area contributed by atoms with Gasteiger partial charge in [-0.25, -0.2) is 0 Å². The average molecular weight is 147 g/mol. The summed E-state index contributed by atoms with van der Waals surface area (Å²) >= 11 is 0. The zero-order chi connectivity index (χ0) is 7.68. The number of fused-ring (bicyclic) bond motifs is 1. The molecule has 2 heterocycles. The topological polar surface area (TPSA) is 16.1 Å². The highest BCUT2D eigenvalue weighted by Crippen LogP contribution is 2.13. The van der Waals surface area contributed by atoms with E-state index < -0.39 is 0 Å². The number of likely N-dealkylation sites (N-methyl/N-ethyl adjacent to an activating group) is 1. The summed E-state index contributed by atoms with van der Waals surface area (Å²) in [6.07, 6.45) is 3.94. The van der Waals surface area contributed by atoms with Crippen LogP contribution in [0.25, 0.3) is 0 Å². The Morgan fingerprint density at radius 1 is 1.64 bits per heavy atom. The van der Waals surface area contributed by atoms with Gasteiger partial charge < -0.3 is 4.90 Å². The van der Waals surface area contributed by atoms with Crippen LogP contribution in [0.2, 0.25) is 0 Å². The van der Waals surface area contributed by atoms with E-state index in [2.05, 4.69) is 29.2 Å². The maximum absolute atomic E-state index is 4.20. The molecule has 2 heteroatoms. The van der Waals surface area contributed by atoms with Crippen molar-refractivity contribution in [1.82, 2.24) is 9.88 Å². The second-order valence-electron chi connectivity index (χ2n) is 3.03. The quantitative estimate of drug-likeness (QED) is 0.541. The molecule has 0 N–H and O–H groups in total. The first-order chi connectivity index (χ1) is 5.36. The predicted molar refractivity (Wildman–Crippen MR) is 43.1 cm³/mol. The monoisotopic (exact) mass is 147 g/mol. The molecule has 1 aromatic heterocycles. The number of hydrogen-bond donors (Lipinski definition) is 0. The van der Waals surface area contributed by atoms with Crippen LogP contribution in [0.5, 0.6) is 0 Å². The fraction of sp³-hybridized carbons (Fsp3) is 0.444. The van der Waals surface area contributed by atoms with Crippen LogP contribution in [0.1, 0.15) is 11.3 Å². The molecule has 0 bridgehead atoms. The molecule has 11 heavy (non-hydrogen) atoms. The van der Waals surface area contributed by atoms with Crippen LogP contribution in [0.15, 0.2) is 12.1 Å². The molecule has 0 spiro atoms. The van der Waals surface area contributed by atoms with Gasteiger partial charge in [-0.15, -0.1) is 0 Å². The Hall–Kier alpha value is -0.890. The summed E-state index contributed by atoms with van der Waals surface area (Å²) in [6.45, 7) is 2.16. The van der Waals surface area contributed by atoms with Gasteiger partial charge in [0.1, 0.15) is 0 Å². The first kappa shape index (κ1) is 6.80. The van der Waals surface area contributed by atoms with Gasteiger partial charge in [0.2, 0.25) is 0 Å². The van der Waals surface area contributed by atoms with E-state index in [0.29, 0.717) is 0 Å². The van der Waals surface area contributed by atoms with Gasteiger partial charge in [0, 0.05) is 25.2 Å². The lowest BCUT2D eigenvalue weighted by molar-refractivity contribution is 0.310. The molecule has 2 rings (SSSR count). The number of hydrogen-bond acceptors (Lipinski definition) is 2. The summed E-state index contributed by atoms with van der Waals surface area (Å²) in [5.74, 6) is 0. The summed E-state index contributed by atoms with van der Waals surface area (Å²) in [6, 6.07) is 4.00. The van der Waals surface area contributed by atoms with E-state index in [4.69, 9.17) is 0 Å². The van der Waals surface area contributed by atoms with Crippen molar-refractivity contribution in [3.05, 3.63) is 29.6 Å². The fourth-order valence-electron chi connectivity index (χ4n) is 1.45. The minimum absolute atomic E-state index is 1.04. The number of aromatic nitrogens is 1. The molecule has 0 aliphatic carbocycles. The van der Waals surface area contributed by atoms with Crippen LogP contribution >= 0.6 is 0 Å². The van der Waals surface area contributed by atoms with E-state index in [1.165, 1.54) is 11.3 Å². The van der Waals surface area contributed by atoms with E-state index in [0.717, 1.165) is 19.5 Å². The average Bonchev–Trinajstić information content (AvgIpc) is 2.04. The highest BCUT2D eigenvalue weighted by molar-refractivity contribution is 5.21. The lowest BCUT2D eigenvalue weighted by Gasteiger charge is -2.23. The summed E-state index contributed by atoms with van der Waals surface area (Å²) < 4.78 is 0. The molecular formula is C9H11N2. The van der Waals surface area contributed by atoms with Gasteiger partial charge in [0.15, 0.2) is 0 Å². The Bertz CT molecular complexity index is 257. The minimum atomic E-state index is 1.04. The molecule has 0 aromatic carbocycles. The van der Waals surface area contributed by atoms with Gasteiger partial charge in [0.25, 0.3) is 0 Å². The first-order valence-corrected chi connectivity index (χ1v) is 3.89. The zero-order valence-corrected chi connectivity index (χ0v) is 6.67. The number of rotatable bonds is 0. The third-order valence-corrected chi connectivity index (χ3v) is 2.10. The van der Waals surface area contributed by atoms with Gasteiger partial charge in [-0.2, -0.15) is 0 Å². The van der Waals surface area contributed by atoms with Crippen LogP contribution in [0, 0.1) is 6.20 Å². The summed E-state index contributed by atoms with van der Waals surface area (Å²) in [7, 11) is 2.14. The largest absolute Gasteiger partial charge is 0.302 e. The SMILES string of the molecule is CN1CCc2n[c]ccc2C1. The molecule has 0 amide bonds. The van der Waals surface area contributed by atoms with E-state index in [9.17, 15) is 0 Å². The van der Waals surface area contributed by atoms with Crippen LogP contribution in [0.4, 0.5) is 0 Å². The van der Waals surface area contributed by atoms with Crippen molar-refractivity contribution >= 4 is 0 Å². The van der Waals surface area contributed by atoms with E-state index in [1.54, 1.807) is 0 Å². The highest BCUT2D eigenvalue weighted by atomic mass is 15.1. The van der Waals surface area contributed by atoms with Crippen molar-refractivity contribution in [3.8, 4) is 0 Å². The maximum atomic E-state index is 4.20. The summed E-state index contributed by atoms with van der Waals surface area (Å²) in [5, 5.41) is 0. The minimum Gasteiger partial charge on any atom is -0.302 e. The lowest BCUT2D eigenvalue weighted by Crippen LogP contribution is -2.27. The van der Waals surface area contributed by atoms with Gasteiger partial charge in [-0.05, 0) is 18.7 Å². The molecule has 0 atom stereocenters. The molecule has 2 nitrogen and oxygen atoms in total. The smallest absolute Gasteiger partial charge is 0.0889 e. The Balaban J connectivity index is 2.34. The van der Waals surface area contributed by atoms with Gasteiger partial charge >= 0.3 is 0 Å². The van der Waals surface area contributed by atoms with Crippen LogP contribution in [-0.4, -0.2) is 23.5 Å². The van der Waals surface area contributed by atoms with Crippen molar-refractivity contribution in [3.63, 3.8) is 0 Å². The molecule has 1 aliphatic heterocycles. The maximum Gasteiger partial charge on any atom is 0.0889 e. The van der Waals surface area contributed by atoms with Crippen molar-refractivity contribution in [1.29, 1.82) is 0 Å². The standard InChI is InChI=1S/C9H11N2/c1-11-6-4-9-8(7-11)3-2-5-10-9/h2-3H,4,6-7H2,1H3. The first-order valence-electron chi connectivity index (χ1n) is 3.89. The van der Waals surface area contributed by atoms with E-state index in [1.807, 2.05) is 6.07 Å². The fourth-order valence-corrected chi connectivity index (χ4v) is 1.45. The second-order valence-corrected chi connectivity index (χ2v) is 3.03. The molecule has 0 fully saturated rings. The number of pyridine rings is 1. The Kier molecular flexibility index (Phi) is 1.62. The van der Waals surface area contributed by atoms with Gasteiger partial charge in [-0.1, -0.05) is 6.07 Å². The van der Waals surface area contributed by atoms with Crippen LogP contribution in [-0.2, 0) is 13.0 Å². The molecule has 0 unspecified atom stereocenters. The lowest BCUT2D eigenvalue weighted by atomic mass is 10.1. The predicted octanol–water partition coefficient (Wildman–Crippen LogP) is 0.870. The second kappa shape index (κ2) is 2.62. The Morgan fingerprint density at radius 2 is 2.55 bits per heavy atom. The third-order valence-electron chi connectivity index (χ3n) is 2.10. The third kappa shape index (κ3) is 1.26. The van der Waals surface area contributed by atoms with Gasteiger partial charge in [-0.3, -0.25) is 4.98 Å². The van der Waals surface area contributed by atoms with Crippen molar-refractivity contribution < 1.29 is 0 Å². The summed E-state index contributed by atoms with van der Waals surface area (Å²) in [5.41, 5.74) is 2.59. The van der Waals surface area contributed by atoms with Crippen molar-refractivity contribution in [2.24, 2.45) is 0 Å². The Morgan fingerprint density at radius 3 is 3.45 bits per heavy atom. The number of nitrogens with zero attached hydrogens (tertiary/aromatic N) is 2. The van der Waals surface area contributed by atoms with Crippen LogP contribution < -0.4 is 0 Å². The molecule has 0 saturated heterocycles. The Labute approximate surface area is 66.9 Å². The normalized spacial score (nSPS) is 17.9. The van der Waals surface area contributed by atoms with Gasteiger partial charge in [0.05, 0.1) is 6.20 Å². The molecule has 1 radical (unpaired) electrons. The molecule has 1 aliphatic rings. The summed E-state index contributed by atoms with van der Waals surface area (Å²) in [4.78, 5) is 6.51. The van der Waals surface area contributed by atoms with Crippen molar-refractivity contribution in [2.75, 3.05) is 13.6 Å². The highest BCUT2D eigenvalue weighted by Gasteiger charge is 2.12. The van der Waals surface area contributed by atoms with E-state index >= 15 is 0 Å². The molecule has 57 valence electrons.